The molecule has 0 radical (unpaired) electrons. The standard InChI is InChI=1S/C22H25N3O3S/c26-22(24-14-7-15-29-21-9-4-3-8-19(21)24)17-10-11-18(20(16-17)25(27)28)23-12-5-1-2-6-13-23/h3-4,8-11,16H,1-2,5-7,12-15H2. The lowest BCUT2D eigenvalue weighted by atomic mass is 10.1. The molecule has 0 unspecified atom stereocenters. The lowest BCUT2D eigenvalue weighted by molar-refractivity contribution is -0.384. The van der Waals surface area contributed by atoms with Gasteiger partial charge in [-0.1, -0.05) is 25.0 Å². The van der Waals surface area contributed by atoms with Crippen molar-refractivity contribution in [2.75, 3.05) is 35.2 Å². The van der Waals surface area contributed by atoms with Gasteiger partial charge in [-0.05, 0) is 49.3 Å². The van der Waals surface area contributed by atoms with Gasteiger partial charge in [0.2, 0.25) is 0 Å². The van der Waals surface area contributed by atoms with Crippen LogP contribution in [0.3, 0.4) is 0 Å². The fourth-order valence-corrected chi connectivity index (χ4v) is 5.07. The molecule has 0 N–H and O–H groups in total. The van der Waals surface area contributed by atoms with Crippen LogP contribution in [-0.2, 0) is 0 Å². The van der Waals surface area contributed by atoms with E-state index in [4.69, 9.17) is 0 Å². The zero-order valence-corrected chi connectivity index (χ0v) is 17.2. The van der Waals surface area contributed by atoms with Crippen molar-refractivity contribution < 1.29 is 9.72 Å². The number of fused-ring (bicyclic) bond motifs is 1. The summed E-state index contributed by atoms with van der Waals surface area (Å²) in [6.45, 7) is 2.26. The Hall–Kier alpha value is -2.54. The summed E-state index contributed by atoms with van der Waals surface area (Å²) in [6, 6.07) is 12.8. The Balaban J connectivity index is 1.67. The van der Waals surface area contributed by atoms with Crippen molar-refractivity contribution in [1.29, 1.82) is 0 Å². The van der Waals surface area contributed by atoms with Crippen LogP contribution in [0.4, 0.5) is 17.1 Å². The number of anilines is 2. The van der Waals surface area contributed by atoms with Crippen LogP contribution in [0.5, 0.6) is 0 Å². The van der Waals surface area contributed by atoms with E-state index in [1.54, 1.807) is 28.8 Å². The van der Waals surface area contributed by atoms with Crippen LogP contribution in [0.1, 0.15) is 42.5 Å². The van der Waals surface area contributed by atoms with Crippen LogP contribution in [-0.4, -0.2) is 36.2 Å². The average Bonchev–Trinajstić information content (AvgIpc) is 3.14. The first-order valence-corrected chi connectivity index (χ1v) is 11.2. The van der Waals surface area contributed by atoms with E-state index < -0.39 is 0 Å². The lowest BCUT2D eigenvalue weighted by Crippen LogP contribution is -2.32. The molecule has 2 aliphatic rings. The van der Waals surface area contributed by atoms with Crippen molar-refractivity contribution in [1.82, 2.24) is 0 Å². The van der Waals surface area contributed by atoms with Crippen LogP contribution >= 0.6 is 11.8 Å². The normalized spacial score (nSPS) is 17.2. The summed E-state index contributed by atoms with van der Waals surface area (Å²) in [6.07, 6.45) is 5.29. The average molecular weight is 412 g/mol. The molecule has 0 bridgehead atoms. The molecule has 4 rings (SSSR count). The highest BCUT2D eigenvalue weighted by Crippen LogP contribution is 2.36. The molecule has 0 aromatic heterocycles. The number of carbonyl (C=O) groups excluding carboxylic acids is 1. The Morgan fingerprint density at radius 1 is 0.931 bits per heavy atom. The van der Waals surface area contributed by atoms with Gasteiger partial charge in [-0.3, -0.25) is 14.9 Å². The summed E-state index contributed by atoms with van der Waals surface area (Å²) >= 11 is 1.75. The number of para-hydroxylation sites is 1. The minimum atomic E-state index is -0.358. The van der Waals surface area contributed by atoms with Gasteiger partial charge in [-0.25, -0.2) is 0 Å². The van der Waals surface area contributed by atoms with Crippen molar-refractivity contribution in [3.63, 3.8) is 0 Å². The molecule has 0 saturated carbocycles. The molecule has 2 aromatic carbocycles. The molecule has 0 spiro atoms. The predicted octanol–water partition coefficient (Wildman–Crippen LogP) is 5.12. The molecule has 2 aliphatic heterocycles. The molecule has 2 aromatic rings. The number of benzene rings is 2. The zero-order chi connectivity index (χ0) is 20.2. The van der Waals surface area contributed by atoms with E-state index in [0.29, 0.717) is 17.8 Å². The minimum absolute atomic E-state index is 0.0234. The van der Waals surface area contributed by atoms with Crippen LogP contribution in [0, 0.1) is 10.1 Å². The minimum Gasteiger partial charge on any atom is -0.366 e. The summed E-state index contributed by atoms with van der Waals surface area (Å²) < 4.78 is 0. The van der Waals surface area contributed by atoms with Gasteiger partial charge >= 0.3 is 0 Å². The van der Waals surface area contributed by atoms with E-state index in [1.165, 1.54) is 6.07 Å². The fraction of sp³-hybridized carbons (Fsp3) is 0.409. The quantitative estimate of drug-likeness (QED) is 0.518. The third-order valence-electron chi connectivity index (χ3n) is 5.55. The second-order valence-electron chi connectivity index (χ2n) is 7.49. The maximum atomic E-state index is 13.3. The first kappa shape index (κ1) is 19.8. The Kier molecular flexibility index (Phi) is 6.04. The Morgan fingerprint density at radius 3 is 2.45 bits per heavy atom. The summed E-state index contributed by atoms with van der Waals surface area (Å²) in [4.78, 5) is 29.7. The molecule has 0 atom stereocenters. The number of hydrogen-bond acceptors (Lipinski definition) is 5. The molecule has 1 fully saturated rings. The van der Waals surface area contributed by atoms with Crippen LogP contribution < -0.4 is 9.80 Å². The van der Waals surface area contributed by atoms with Gasteiger partial charge in [0.1, 0.15) is 5.69 Å². The summed E-state index contributed by atoms with van der Waals surface area (Å²) in [5.41, 5.74) is 1.91. The number of nitro benzene ring substituents is 1. The van der Waals surface area contributed by atoms with E-state index in [0.717, 1.165) is 61.5 Å². The molecule has 0 aliphatic carbocycles. The van der Waals surface area contributed by atoms with E-state index >= 15 is 0 Å². The van der Waals surface area contributed by atoms with Gasteiger partial charge in [0.05, 0.1) is 10.6 Å². The van der Waals surface area contributed by atoms with E-state index in [1.807, 2.05) is 24.3 Å². The van der Waals surface area contributed by atoms with Gasteiger partial charge in [0, 0.05) is 36.2 Å². The van der Waals surface area contributed by atoms with E-state index in [2.05, 4.69) is 4.90 Å². The maximum Gasteiger partial charge on any atom is 0.293 e. The number of nitro groups is 1. The van der Waals surface area contributed by atoms with Crippen LogP contribution in [0.2, 0.25) is 0 Å². The van der Waals surface area contributed by atoms with Gasteiger partial charge in [-0.15, -0.1) is 11.8 Å². The highest BCUT2D eigenvalue weighted by molar-refractivity contribution is 7.99. The zero-order valence-electron chi connectivity index (χ0n) is 16.4. The van der Waals surface area contributed by atoms with Gasteiger partial charge in [0.25, 0.3) is 11.6 Å². The molecular formula is C22H25N3O3S. The number of carbonyl (C=O) groups is 1. The number of thioether (sulfide) groups is 1. The Labute approximate surface area is 175 Å². The number of rotatable bonds is 3. The van der Waals surface area contributed by atoms with Crippen molar-refractivity contribution in [2.24, 2.45) is 0 Å². The fourth-order valence-electron chi connectivity index (χ4n) is 4.08. The van der Waals surface area contributed by atoms with Crippen molar-refractivity contribution in [2.45, 2.75) is 37.0 Å². The van der Waals surface area contributed by atoms with E-state index in [-0.39, 0.29) is 16.5 Å². The Morgan fingerprint density at radius 2 is 1.69 bits per heavy atom. The van der Waals surface area contributed by atoms with Crippen molar-refractivity contribution in [3.8, 4) is 0 Å². The summed E-state index contributed by atoms with van der Waals surface area (Å²) in [7, 11) is 0. The van der Waals surface area contributed by atoms with Gasteiger partial charge in [-0.2, -0.15) is 0 Å². The molecule has 29 heavy (non-hydrogen) atoms. The predicted molar refractivity (Wildman–Crippen MR) is 117 cm³/mol. The largest absolute Gasteiger partial charge is 0.366 e. The van der Waals surface area contributed by atoms with E-state index in [9.17, 15) is 14.9 Å². The highest BCUT2D eigenvalue weighted by Gasteiger charge is 2.27. The monoisotopic (exact) mass is 411 g/mol. The summed E-state index contributed by atoms with van der Waals surface area (Å²) in [5, 5.41) is 11.8. The first-order valence-electron chi connectivity index (χ1n) is 10.2. The SMILES string of the molecule is O=C(c1ccc(N2CCCCCC2)c([N+](=O)[O-])c1)N1CCCSc2ccccc21. The number of hydrogen-bond donors (Lipinski definition) is 0. The van der Waals surface area contributed by atoms with Gasteiger partial charge < -0.3 is 9.80 Å². The molecule has 1 amide bonds. The summed E-state index contributed by atoms with van der Waals surface area (Å²) in [5.74, 6) is 0.778. The first-order chi connectivity index (χ1) is 14.1. The second-order valence-corrected chi connectivity index (χ2v) is 8.63. The third kappa shape index (κ3) is 4.24. The van der Waals surface area contributed by atoms with Gasteiger partial charge in [0.15, 0.2) is 0 Å². The molecular weight excluding hydrogens is 386 g/mol. The second kappa shape index (κ2) is 8.86. The highest BCUT2D eigenvalue weighted by atomic mass is 32.2. The van der Waals surface area contributed by atoms with Crippen molar-refractivity contribution in [3.05, 3.63) is 58.1 Å². The molecule has 6 nitrogen and oxygen atoms in total. The number of amides is 1. The Bertz CT molecular complexity index is 910. The molecule has 1 saturated heterocycles. The number of nitrogens with zero attached hydrogens (tertiary/aromatic N) is 3. The molecule has 7 heteroatoms. The third-order valence-corrected chi connectivity index (χ3v) is 6.70. The smallest absolute Gasteiger partial charge is 0.293 e. The van der Waals surface area contributed by atoms with Crippen molar-refractivity contribution >= 4 is 34.7 Å². The van der Waals surface area contributed by atoms with Crippen LogP contribution in [0.25, 0.3) is 0 Å². The van der Waals surface area contributed by atoms with Crippen LogP contribution in [0.15, 0.2) is 47.4 Å². The molecule has 2 heterocycles. The molecule has 152 valence electrons. The maximum absolute atomic E-state index is 13.3. The topological polar surface area (TPSA) is 66.7 Å². The lowest BCUT2D eigenvalue weighted by Gasteiger charge is -2.24.